The van der Waals surface area contributed by atoms with Crippen LogP contribution in [0.5, 0.6) is 5.75 Å². The van der Waals surface area contributed by atoms with Crippen LogP contribution in [0, 0.1) is 19.7 Å². The molecule has 2 aromatic rings. The molecule has 0 aliphatic heterocycles. The van der Waals surface area contributed by atoms with Crippen LogP contribution in [-0.4, -0.2) is 25.6 Å². The average Bonchev–Trinajstić information content (AvgIpc) is 2.61. The second-order valence-electron chi connectivity index (χ2n) is 5.65. The first-order valence-corrected chi connectivity index (χ1v) is 7.95. The molecule has 0 saturated heterocycles. The molecular formula is C20H20FNO4. The van der Waals surface area contributed by atoms with E-state index in [0.29, 0.717) is 11.3 Å². The Kier molecular flexibility index (Phi) is 6.49. The molecule has 0 saturated carbocycles. The van der Waals surface area contributed by atoms with Crippen LogP contribution in [0.15, 0.2) is 42.5 Å². The summed E-state index contributed by atoms with van der Waals surface area (Å²) < 4.78 is 23.3. The summed E-state index contributed by atoms with van der Waals surface area (Å²) in [5.74, 6) is -1.54. The molecule has 0 aromatic heterocycles. The highest BCUT2D eigenvalue weighted by atomic mass is 19.1. The maximum atomic E-state index is 13.6. The van der Waals surface area contributed by atoms with Gasteiger partial charge in [-0.1, -0.05) is 24.3 Å². The number of carbonyl (C=O) groups excluding carboxylic acids is 2. The first-order valence-electron chi connectivity index (χ1n) is 7.95. The SMILES string of the molecule is COc1ccc(/C=C/C(=O)OCC(=O)Nc2c(C)cccc2C)cc1F. The fraction of sp³-hybridized carbons (Fsp3) is 0.200. The summed E-state index contributed by atoms with van der Waals surface area (Å²) in [6.07, 6.45) is 2.53. The molecule has 0 heterocycles. The van der Waals surface area contributed by atoms with Crippen LogP contribution in [0.4, 0.5) is 10.1 Å². The number of ether oxygens (including phenoxy) is 2. The van der Waals surface area contributed by atoms with E-state index in [1.807, 2.05) is 32.0 Å². The molecule has 1 N–H and O–H groups in total. The molecule has 0 radical (unpaired) electrons. The van der Waals surface area contributed by atoms with Gasteiger partial charge in [0.25, 0.3) is 5.91 Å². The highest BCUT2D eigenvalue weighted by Crippen LogP contribution is 2.19. The summed E-state index contributed by atoms with van der Waals surface area (Å²) in [4.78, 5) is 23.6. The third-order valence-electron chi connectivity index (χ3n) is 3.68. The lowest BCUT2D eigenvalue weighted by atomic mass is 10.1. The molecule has 2 aromatic carbocycles. The van der Waals surface area contributed by atoms with E-state index in [1.54, 1.807) is 6.07 Å². The van der Waals surface area contributed by atoms with Crippen LogP contribution in [0.1, 0.15) is 16.7 Å². The van der Waals surface area contributed by atoms with Crippen LogP contribution in [0.2, 0.25) is 0 Å². The summed E-state index contributed by atoms with van der Waals surface area (Å²) in [5.41, 5.74) is 3.02. The van der Waals surface area contributed by atoms with Gasteiger partial charge in [0.1, 0.15) is 0 Å². The van der Waals surface area contributed by atoms with E-state index in [1.165, 1.54) is 25.3 Å². The van der Waals surface area contributed by atoms with Gasteiger partial charge in [0.2, 0.25) is 0 Å². The number of amides is 1. The molecule has 0 spiro atoms. The molecule has 2 rings (SSSR count). The largest absolute Gasteiger partial charge is 0.494 e. The number of anilines is 1. The number of aryl methyl sites for hydroxylation is 2. The molecule has 0 aliphatic rings. The first kappa shape index (κ1) is 19.2. The van der Waals surface area contributed by atoms with E-state index in [2.05, 4.69) is 5.32 Å². The number of hydrogen-bond acceptors (Lipinski definition) is 4. The topological polar surface area (TPSA) is 64.6 Å². The normalized spacial score (nSPS) is 10.6. The molecule has 0 atom stereocenters. The Labute approximate surface area is 151 Å². The monoisotopic (exact) mass is 357 g/mol. The van der Waals surface area contributed by atoms with E-state index < -0.39 is 24.3 Å². The maximum Gasteiger partial charge on any atom is 0.331 e. The number of methoxy groups -OCH3 is 1. The highest BCUT2D eigenvalue weighted by Gasteiger charge is 2.09. The number of esters is 1. The number of para-hydroxylation sites is 1. The van der Waals surface area contributed by atoms with Gasteiger partial charge in [-0.05, 0) is 48.7 Å². The fourth-order valence-electron chi connectivity index (χ4n) is 2.32. The Bertz CT molecular complexity index is 825. The van der Waals surface area contributed by atoms with Crippen molar-refractivity contribution in [3.05, 3.63) is 65.0 Å². The number of halogens is 1. The molecule has 0 unspecified atom stereocenters. The molecule has 5 nitrogen and oxygen atoms in total. The summed E-state index contributed by atoms with van der Waals surface area (Å²) in [6, 6.07) is 9.94. The minimum Gasteiger partial charge on any atom is -0.494 e. The van der Waals surface area contributed by atoms with Gasteiger partial charge in [0, 0.05) is 11.8 Å². The van der Waals surface area contributed by atoms with Crippen molar-refractivity contribution >= 4 is 23.6 Å². The summed E-state index contributed by atoms with van der Waals surface area (Å²) in [6.45, 7) is 3.35. The Balaban J connectivity index is 1.88. The quantitative estimate of drug-likeness (QED) is 0.633. The van der Waals surface area contributed by atoms with Gasteiger partial charge in [0.15, 0.2) is 18.2 Å². The molecule has 1 amide bonds. The predicted octanol–water partition coefficient (Wildman–Crippen LogP) is 3.65. The van der Waals surface area contributed by atoms with Gasteiger partial charge in [-0.25, -0.2) is 9.18 Å². The molecule has 0 fully saturated rings. The third kappa shape index (κ3) is 5.17. The van der Waals surface area contributed by atoms with E-state index in [-0.39, 0.29) is 5.75 Å². The first-order chi connectivity index (χ1) is 12.4. The van der Waals surface area contributed by atoms with Gasteiger partial charge < -0.3 is 14.8 Å². The van der Waals surface area contributed by atoms with Crippen LogP contribution < -0.4 is 10.1 Å². The number of nitrogens with one attached hydrogen (secondary N) is 1. The predicted molar refractivity (Wildman–Crippen MR) is 97.5 cm³/mol. The lowest BCUT2D eigenvalue weighted by molar-refractivity contribution is -0.142. The van der Waals surface area contributed by atoms with E-state index in [0.717, 1.165) is 17.2 Å². The Hall–Kier alpha value is -3.15. The van der Waals surface area contributed by atoms with Crippen molar-refractivity contribution in [1.82, 2.24) is 0 Å². The van der Waals surface area contributed by atoms with Crippen molar-refractivity contribution in [2.75, 3.05) is 19.0 Å². The Morgan fingerprint density at radius 2 is 1.85 bits per heavy atom. The van der Waals surface area contributed by atoms with E-state index in [4.69, 9.17) is 9.47 Å². The van der Waals surface area contributed by atoms with Gasteiger partial charge in [0.05, 0.1) is 7.11 Å². The van der Waals surface area contributed by atoms with Gasteiger partial charge in [-0.2, -0.15) is 0 Å². The Morgan fingerprint density at radius 1 is 1.15 bits per heavy atom. The number of benzene rings is 2. The number of rotatable bonds is 6. The minimum atomic E-state index is -0.696. The van der Waals surface area contributed by atoms with Crippen molar-refractivity contribution in [3.8, 4) is 5.75 Å². The van der Waals surface area contributed by atoms with Crippen molar-refractivity contribution in [3.63, 3.8) is 0 Å². The van der Waals surface area contributed by atoms with Crippen LogP contribution >= 0.6 is 0 Å². The second kappa shape index (κ2) is 8.80. The molecule has 0 aliphatic carbocycles. The van der Waals surface area contributed by atoms with Crippen LogP contribution in [-0.2, 0) is 14.3 Å². The van der Waals surface area contributed by atoms with Crippen molar-refractivity contribution in [2.24, 2.45) is 0 Å². The maximum absolute atomic E-state index is 13.6. The van der Waals surface area contributed by atoms with Gasteiger partial charge in [-0.15, -0.1) is 0 Å². The highest BCUT2D eigenvalue weighted by molar-refractivity contribution is 5.95. The van der Waals surface area contributed by atoms with Crippen molar-refractivity contribution in [2.45, 2.75) is 13.8 Å². The van der Waals surface area contributed by atoms with Crippen LogP contribution in [0.3, 0.4) is 0 Å². The lowest BCUT2D eigenvalue weighted by Gasteiger charge is -2.11. The molecule has 136 valence electrons. The average molecular weight is 357 g/mol. The van der Waals surface area contributed by atoms with E-state index >= 15 is 0 Å². The Morgan fingerprint density at radius 3 is 2.46 bits per heavy atom. The zero-order chi connectivity index (χ0) is 19.1. The molecule has 6 heteroatoms. The molecular weight excluding hydrogens is 337 g/mol. The smallest absolute Gasteiger partial charge is 0.331 e. The van der Waals surface area contributed by atoms with Gasteiger partial charge >= 0.3 is 5.97 Å². The van der Waals surface area contributed by atoms with Crippen molar-refractivity contribution in [1.29, 1.82) is 0 Å². The molecule has 0 bridgehead atoms. The van der Waals surface area contributed by atoms with Crippen molar-refractivity contribution < 1.29 is 23.5 Å². The summed E-state index contributed by atoms with van der Waals surface area (Å²) in [7, 11) is 1.37. The standard InChI is InChI=1S/C20H20FNO4/c1-13-5-4-6-14(2)20(13)22-18(23)12-26-19(24)10-8-15-7-9-17(25-3)16(21)11-15/h4-11H,12H2,1-3H3,(H,22,23)/b10-8+. The molecule has 26 heavy (non-hydrogen) atoms. The van der Waals surface area contributed by atoms with E-state index in [9.17, 15) is 14.0 Å². The summed E-state index contributed by atoms with van der Waals surface area (Å²) in [5, 5.41) is 2.72. The fourth-order valence-corrected chi connectivity index (χ4v) is 2.32. The van der Waals surface area contributed by atoms with Crippen LogP contribution in [0.25, 0.3) is 6.08 Å². The third-order valence-corrected chi connectivity index (χ3v) is 3.68. The lowest BCUT2D eigenvalue weighted by Crippen LogP contribution is -2.21. The summed E-state index contributed by atoms with van der Waals surface area (Å²) >= 11 is 0. The second-order valence-corrected chi connectivity index (χ2v) is 5.65. The zero-order valence-electron chi connectivity index (χ0n) is 14.8. The number of hydrogen-bond donors (Lipinski definition) is 1. The minimum absolute atomic E-state index is 0.118. The number of carbonyl (C=O) groups is 2. The van der Waals surface area contributed by atoms with Gasteiger partial charge in [-0.3, -0.25) is 4.79 Å². The zero-order valence-corrected chi connectivity index (χ0v) is 14.8.